The van der Waals surface area contributed by atoms with E-state index in [1.807, 2.05) is 19.2 Å². The molecule has 0 fully saturated rings. The largest absolute Gasteiger partial charge is 0.365 e. The van der Waals surface area contributed by atoms with Gasteiger partial charge in [0.1, 0.15) is 5.82 Å². The molecule has 1 aliphatic rings. The Morgan fingerprint density at radius 2 is 2.11 bits per heavy atom. The Balaban J connectivity index is 2.28. The first-order valence-corrected chi connectivity index (χ1v) is 6.77. The monoisotopic (exact) mass is 250 g/mol. The van der Waals surface area contributed by atoms with Gasteiger partial charge in [0.05, 0.1) is 0 Å². The van der Waals surface area contributed by atoms with Gasteiger partial charge >= 0.3 is 0 Å². The molecule has 2 rings (SSSR count). The predicted octanol–water partition coefficient (Wildman–Crippen LogP) is 2.96. The Kier molecular flexibility index (Phi) is 3.91. The van der Waals surface area contributed by atoms with Crippen molar-refractivity contribution in [3.63, 3.8) is 0 Å². The SMILES string of the molecule is CNC(C)CC1Cc2c(F)cccc2N1C(C)C. The lowest BCUT2D eigenvalue weighted by Gasteiger charge is -2.33. The second-order valence-electron chi connectivity index (χ2n) is 5.52. The van der Waals surface area contributed by atoms with E-state index in [0.29, 0.717) is 18.1 Å². The van der Waals surface area contributed by atoms with Crippen LogP contribution in [0.25, 0.3) is 0 Å². The molecule has 1 aliphatic heterocycles. The van der Waals surface area contributed by atoms with Crippen molar-refractivity contribution in [2.24, 2.45) is 0 Å². The van der Waals surface area contributed by atoms with Crippen LogP contribution in [0.2, 0.25) is 0 Å². The summed E-state index contributed by atoms with van der Waals surface area (Å²) in [5.41, 5.74) is 1.97. The topological polar surface area (TPSA) is 15.3 Å². The van der Waals surface area contributed by atoms with Gasteiger partial charge in [-0.05, 0) is 52.8 Å². The summed E-state index contributed by atoms with van der Waals surface area (Å²) in [6.07, 6.45) is 1.87. The number of halogens is 1. The fourth-order valence-electron chi connectivity index (χ4n) is 2.94. The number of nitrogens with one attached hydrogen (secondary N) is 1. The van der Waals surface area contributed by atoms with Crippen molar-refractivity contribution >= 4 is 5.69 Å². The Morgan fingerprint density at radius 1 is 1.39 bits per heavy atom. The third-order valence-corrected chi connectivity index (χ3v) is 3.88. The number of rotatable bonds is 4. The van der Waals surface area contributed by atoms with Gasteiger partial charge in [-0.1, -0.05) is 6.07 Å². The molecule has 0 aromatic heterocycles. The van der Waals surface area contributed by atoms with Gasteiger partial charge in [0.2, 0.25) is 0 Å². The van der Waals surface area contributed by atoms with Crippen LogP contribution in [0.3, 0.4) is 0 Å². The minimum atomic E-state index is -0.0576. The second kappa shape index (κ2) is 5.27. The van der Waals surface area contributed by atoms with Gasteiger partial charge in [-0.15, -0.1) is 0 Å². The first-order chi connectivity index (χ1) is 8.54. The third kappa shape index (κ3) is 2.37. The number of nitrogens with zero attached hydrogens (tertiary/aromatic N) is 1. The smallest absolute Gasteiger partial charge is 0.128 e. The van der Waals surface area contributed by atoms with Crippen LogP contribution in [0.5, 0.6) is 0 Å². The van der Waals surface area contributed by atoms with Crippen molar-refractivity contribution < 1.29 is 4.39 Å². The van der Waals surface area contributed by atoms with Crippen LogP contribution < -0.4 is 10.2 Å². The van der Waals surface area contributed by atoms with Crippen molar-refractivity contribution in [3.8, 4) is 0 Å². The lowest BCUT2D eigenvalue weighted by molar-refractivity contribution is 0.459. The van der Waals surface area contributed by atoms with E-state index in [0.717, 1.165) is 24.1 Å². The van der Waals surface area contributed by atoms with Gasteiger partial charge in [-0.25, -0.2) is 4.39 Å². The van der Waals surface area contributed by atoms with Crippen LogP contribution in [-0.2, 0) is 6.42 Å². The maximum absolute atomic E-state index is 13.9. The lowest BCUT2D eigenvalue weighted by Crippen LogP contribution is -2.41. The van der Waals surface area contributed by atoms with Gasteiger partial charge in [-0.3, -0.25) is 0 Å². The summed E-state index contributed by atoms with van der Waals surface area (Å²) < 4.78 is 13.9. The molecule has 1 aromatic rings. The molecule has 0 bridgehead atoms. The first-order valence-electron chi connectivity index (χ1n) is 6.77. The molecule has 1 aromatic carbocycles. The zero-order valence-corrected chi connectivity index (χ0v) is 11.7. The van der Waals surface area contributed by atoms with Crippen LogP contribution in [0.4, 0.5) is 10.1 Å². The second-order valence-corrected chi connectivity index (χ2v) is 5.52. The molecule has 0 aliphatic carbocycles. The summed E-state index contributed by atoms with van der Waals surface area (Å²) in [4.78, 5) is 2.37. The minimum absolute atomic E-state index is 0.0576. The normalized spacial score (nSPS) is 20.3. The van der Waals surface area contributed by atoms with E-state index in [1.54, 1.807) is 6.07 Å². The molecule has 0 saturated carbocycles. The number of fused-ring (bicyclic) bond motifs is 1. The van der Waals surface area contributed by atoms with Crippen molar-refractivity contribution in [1.29, 1.82) is 0 Å². The van der Waals surface area contributed by atoms with Crippen molar-refractivity contribution in [3.05, 3.63) is 29.6 Å². The van der Waals surface area contributed by atoms with Crippen LogP contribution in [0, 0.1) is 5.82 Å². The van der Waals surface area contributed by atoms with Crippen LogP contribution in [-0.4, -0.2) is 25.2 Å². The highest BCUT2D eigenvalue weighted by atomic mass is 19.1. The summed E-state index contributed by atoms with van der Waals surface area (Å²) in [5.74, 6) is -0.0576. The van der Waals surface area contributed by atoms with E-state index >= 15 is 0 Å². The average molecular weight is 250 g/mol. The predicted molar refractivity (Wildman–Crippen MR) is 74.6 cm³/mol. The maximum Gasteiger partial charge on any atom is 0.128 e. The van der Waals surface area contributed by atoms with Gasteiger partial charge < -0.3 is 10.2 Å². The highest BCUT2D eigenvalue weighted by Gasteiger charge is 2.33. The Hall–Kier alpha value is -1.09. The molecular formula is C15H23FN2. The minimum Gasteiger partial charge on any atom is -0.365 e. The van der Waals surface area contributed by atoms with Crippen LogP contribution in [0.15, 0.2) is 18.2 Å². The Bertz CT molecular complexity index is 417. The molecule has 0 radical (unpaired) electrons. The Morgan fingerprint density at radius 3 is 2.72 bits per heavy atom. The van der Waals surface area contributed by atoms with Crippen LogP contribution >= 0.6 is 0 Å². The molecule has 2 unspecified atom stereocenters. The van der Waals surface area contributed by atoms with E-state index in [9.17, 15) is 4.39 Å². The van der Waals surface area contributed by atoms with Crippen molar-refractivity contribution in [2.45, 2.75) is 51.7 Å². The van der Waals surface area contributed by atoms with Gasteiger partial charge in [-0.2, -0.15) is 0 Å². The third-order valence-electron chi connectivity index (χ3n) is 3.88. The molecule has 100 valence electrons. The van der Waals surface area contributed by atoms with Crippen molar-refractivity contribution in [2.75, 3.05) is 11.9 Å². The summed E-state index contributed by atoms with van der Waals surface area (Å²) in [6, 6.07) is 6.69. The average Bonchev–Trinajstić information content (AvgIpc) is 2.68. The van der Waals surface area contributed by atoms with Gasteiger partial charge in [0.15, 0.2) is 0 Å². The zero-order valence-electron chi connectivity index (χ0n) is 11.7. The zero-order chi connectivity index (χ0) is 13.3. The standard InChI is InChI=1S/C15H23FN2/c1-10(2)18-12(8-11(3)17-4)9-13-14(16)6-5-7-15(13)18/h5-7,10-12,17H,8-9H2,1-4H3. The summed E-state index contributed by atoms with van der Waals surface area (Å²) in [7, 11) is 1.98. The quantitative estimate of drug-likeness (QED) is 0.884. The van der Waals surface area contributed by atoms with Gasteiger partial charge in [0.25, 0.3) is 0 Å². The van der Waals surface area contributed by atoms with Crippen LogP contribution in [0.1, 0.15) is 32.8 Å². The molecule has 0 spiro atoms. The number of anilines is 1. The molecule has 1 N–H and O–H groups in total. The molecule has 1 heterocycles. The van der Waals surface area contributed by atoms with Gasteiger partial charge in [0, 0.05) is 29.4 Å². The number of hydrogen-bond donors (Lipinski definition) is 1. The molecule has 2 atom stereocenters. The molecule has 2 nitrogen and oxygen atoms in total. The number of benzene rings is 1. The lowest BCUT2D eigenvalue weighted by atomic mass is 10.0. The van der Waals surface area contributed by atoms with E-state index < -0.39 is 0 Å². The molecule has 3 heteroatoms. The highest BCUT2D eigenvalue weighted by molar-refractivity contribution is 5.60. The van der Waals surface area contributed by atoms with Crippen molar-refractivity contribution in [1.82, 2.24) is 5.32 Å². The molecule has 0 saturated heterocycles. The summed E-state index contributed by atoms with van der Waals surface area (Å²) >= 11 is 0. The van der Waals surface area contributed by atoms with E-state index in [2.05, 4.69) is 31.0 Å². The fraction of sp³-hybridized carbons (Fsp3) is 0.600. The molecule has 0 amide bonds. The number of hydrogen-bond acceptors (Lipinski definition) is 2. The first kappa shape index (κ1) is 13.3. The van der Waals surface area contributed by atoms with E-state index in [1.165, 1.54) is 0 Å². The Labute approximate surface area is 109 Å². The molecule has 18 heavy (non-hydrogen) atoms. The van der Waals surface area contributed by atoms with E-state index in [-0.39, 0.29) is 5.82 Å². The highest BCUT2D eigenvalue weighted by Crippen LogP contribution is 2.36. The molecular weight excluding hydrogens is 227 g/mol. The fourth-order valence-corrected chi connectivity index (χ4v) is 2.94. The maximum atomic E-state index is 13.9. The summed E-state index contributed by atoms with van der Waals surface area (Å²) in [5, 5.41) is 3.27. The summed E-state index contributed by atoms with van der Waals surface area (Å²) in [6.45, 7) is 6.53. The van der Waals surface area contributed by atoms with E-state index in [4.69, 9.17) is 0 Å².